The van der Waals surface area contributed by atoms with Gasteiger partial charge in [-0.2, -0.15) is 0 Å². The minimum Gasteiger partial charge on any atom is -0.493 e. The van der Waals surface area contributed by atoms with Gasteiger partial charge in [0, 0.05) is 5.56 Å². The standard InChI is InChI=1S/C18H20O3/c1-13(2)14-8-10-15(11-9-14)16(19)12-21-18-7-5-4-6-17(18)20-3/h4-11,13H,12H2,1-3H3. The van der Waals surface area contributed by atoms with Crippen molar-refractivity contribution in [2.24, 2.45) is 0 Å². The second-order valence-electron chi connectivity index (χ2n) is 5.14. The number of carbonyl (C=O) groups excluding carboxylic acids is 1. The second kappa shape index (κ2) is 6.93. The van der Waals surface area contributed by atoms with Crippen LogP contribution in [0.2, 0.25) is 0 Å². The maximum atomic E-state index is 12.1. The first kappa shape index (κ1) is 15.1. The molecular formula is C18H20O3. The van der Waals surface area contributed by atoms with Gasteiger partial charge >= 0.3 is 0 Å². The van der Waals surface area contributed by atoms with E-state index in [-0.39, 0.29) is 12.4 Å². The molecular weight excluding hydrogens is 264 g/mol. The van der Waals surface area contributed by atoms with Crippen LogP contribution in [0.3, 0.4) is 0 Å². The predicted octanol–water partition coefficient (Wildman–Crippen LogP) is 4.08. The lowest BCUT2D eigenvalue weighted by atomic mass is 10.0. The van der Waals surface area contributed by atoms with Crippen molar-refractivity contribution in [3.63, 3.8) is 0 Å². The molecule has 0 unspecified atom stereocenters. The van der Waals surface area contributed by atoms with Gasteiger partial charge in [-0.15, -0.1) is 0 Å². The van der Waals surface area contributed by atoms with Crippen LogP contribution in [-0.2, 0) is 0 Å². The lowest BCUT2D eigenvalue weighted by Crippen LogP contribution is -2.12. The Bertz CT molecular complexity index is 600. The van der Waals surface area contributed by atoms with E-state index in [1.54, 1.807) is 19.2 Å². The molecule has 0 bridgehead atoms. The lowest BCUT2D eigenvalue weighted by Gasteiger charge is -2.10. The highest BCUT2D eigenvalue weighted by Gasteiger charge is 2.09. The Morgan fingerprint density at radius 3 is 2.19 bits per heavy atom. The molecule has 0 saturated heterocycles. The zero-order valence-corrected chi connectivity index (χ0v) is 12.6. The third kappa shape index (κ3) is 3.85. The summed E-state index contributed by atoms with van der Waals surface area (Å²) in [4.78, 5) is 12.1. The van der Waals surface area contributed by atoms with Crippen molar-refractivity contribution in [1.82, 2.24) is 0 Å². The first-order valence-corrected chi connectivity index (χ1v) is 7.00. The van der Waals surface area contributed by atoms with Gasteiger partial charge in [0.05, 0.1) is 7.11 Å². The predicted molar refractivity (Wildman–Crippen MR) is 83.4 cm³/mol. The van der Waals surface area contributed by atoms with E-state index in [2.05, 4.69) is 13.8 Å². The third-order valence-electron chi connectivity index (χ3n) is 3.33. The number of ether oxygens (including phenoxy) is 2. The molecule has 2 aromatic rings. The number of rotatable bonds is 6. The molecule has 21 heavy (non-hydrogen) atoms. The molecule has 0 amide bonds. The molecule has 110 valence electrons. The average molecular weight is 284 g/mol. The zero-order valence-electron chi connectivity index (χ0n) is 12.6. The summed E-state index contributed by atoms with van der Waals surface area (Å²) < 4.78 is 10.7. The summed E-state index contributed by atoms with van der Waals surface area (Å²) in [5.74, 6) is 1.61. The van der Waals surface area contributed by atoms with Crippen LogP contribution in [0.1, 0.15) is 35.7 Å². The van der Waals surface area contributed by atoms with Crippen LogP contribution in [0.4, 0.5) is 0 Å². The van der Waals surface area contributed by atoms with Crippen molar-refractivity contribution >= 4 is 5.78 Å². The Morgan fingerprint density at radius 2 is 1.62 bits per heavy atom. The summed E-state index contributed by atoms with van der Waals surface area (Å²) in [7, 11) is 1.58. The topological polar surface area (TPSA) is 35.5 Å². The monoisotopic (exact) mass is 284 g/mol. The normalized spacial score (nSPS) is 10.5. The molecule has 0 fully saturated rings. The van der Waals surface area contributed by atoms with Gasteiger partial charge in [0.2, 0.25) is 0 Å². The Morgan fingerprint density at radius 1 is 1.00 bits per heavy atom. The minimum absolute atomic E-state index is 0.00139. The van der Waals surface area contributed by atoms with Crippen molar-refractivity contribution < 1.29 is 14.3 Å². The van der Waals surface area contributed by atoms with E-state index in [0.29, 0.717) is 23.0 Å². The van der Waals surface area contributed by atoms with Gasteiger partial charge in [-0.3, -0.25) is 4.79 Å². The fourth-order valence-corrected chi connectivity index (χ4v) is 2.02. The second-order valence-corrected chi connectivity index (χ2v) is 5.14. The van der Waals surface area contributed by atoms with Gasteiger partial charge in [-0.25, -0.2) is 0 Å². The molecule has 0 aliphatic rings. The molecule has 0 aliphatic carbocycles. The quantitative estimate of drug-likeness (QED) is 0.750. The number of carbonyl (C=O) groups is 1. The van der Waals surface area contributed by atoms with Crippen LogP contribution >= 0.6 is 0 Å². The summed E-state index contributed by atoms with van der Waals surface area (Å²) in [6.07, 6.45) is 0. The molecule has 0 heterocycles. The molecule has 0 spiro atoms. The molecule has 0 aliphatic heterocycles. The van der Waals surface area contributed by atoms with Crippen LogP contribution in [0.15, 0.2) is 48.5 Å². The smallest absolute Gasteiger partial charge is 0.200 e. The molecule has 0 saturated carbocycles. The Hall–Kier alpha value is -2.29. The number of hydrogen-bond acceptors (Lipinski definition) is 3. The van der Waals surface area contributed by atoms with E-state index >= 15 is 0 Å². The Balaban J connectivity index is 2.01. The largest absolute Gasteiger partial charge is 0.493 e. The van der Waals surface area contributed by atoms with Gasteiger partial charge in [-0.1, -0.05) is 50.2 Å². The van der Waals surface area contributed by atoms with Gasteiger partial charge in [-0.05, 0) is 23.6 Å². The average Bonchev–Trinajstić information content (AvgIpc) is 2.52. The summed E-state index contributed by atoms with van der Waals surface area (Å²) in [5, 5.41) is 0. The highest BCUT2D eigenvalue weighted by Crippen LogP contribution is 2.25. The van der Waals surface area contributed by atoms with Gasteiger partial charge in [0.25, 0.3) is 0 Å². The lowest BCUT2D eigenvalue weighted by molar-refractivity contribution is 0.0919. The van der Waals surface area contributed by atoms with E-state index in [1.165, 1.54) is 5.56 Å². The number of Topliss-reactive ketones (excluding diaryl/α,β-unsaturated/α-hetero) is 1. The van der Waals surface area contributed by atoms with E-state index in [0.717, 1.165) is 0 Å². The first-order valence-electron chi connectivity index (χ1n) is 7.00. The Kier molecular flexibility index (Phi) is 4.99. The third-order valence-corrected chi connectivity index (χ3v) is 3.33. The number of hydrogen-bond donors (Lipinski definition) is 0. The van der Waals surface area contributed by atoms with Gasteiger partial charge in [0.1, 0.15) is 0 Å². The number of para-hydroxylation sites is 2. The van der Waals surface area contributed by atoms with Crippen molar-refractivity contribution in [2.45, 2.75) is 19.8 Å². The fraction of sp³-hybridized carbons (Fsp3) is 0.278. The minimum atomic E-state index is -0.0452. The molecule has 3 heteroatoms. The van der Waals surface area contributed by atoms with Gasteiger partial charge in [0.15, 0.2) is 23.9 Å². The summed E-state index contributed by atoms with van der Waals surface area (Å²) >= 11 is 0. The van der Waals surface area contributed by atoms with Crippen molar-refractivity contribution in [2.75, 3.05) is 13.7 Å². The number of ketones is 1. The van der Waals surface area contributed by atoms with Crippen LogP contribution in [-0.4, -0.2) is 19.5 Å². The molecule has 0 N–H and O–H groups in total. The van der Waals surface area contributed by atoms with Crippen molar-refractivity contribution in [3.8, 4) is 11.5 Å². The van der Waals surface area contributed by atoms with E-state index < -0.39 is 0 Å². The molecule has 0 atom stereocenters. The maximum absolute atomic E-state index is 12.1. The highest BCUT2D eigenvalue weighted by molar-refractivity contribution is 5.97. The number of methoxy groups -OCH3 is 1. The van der Waals surface area contributed by atoms with Crippen LogP contribution in [0, 0.1) is 0 Å². The summed E-state index contributed by atoms with van der Waals surface area (Å²) in [6, 6.07) is 15.0. The van der Waals surface area contributed by atoms with Crippen molar-refractivity contribution in [3.05, 3.63) is 59.7 Å². The molecule has 0 aromatic heterocycles. The van der Waals surface area contributed by atoms with Crippen LogP contribution in [0.25, 0.3) is 0 Å². The first-order chi connectivity index (χ1) is 10.1. The van der Waals surface area contributed by atoms with Crippen molar-refractivity contribution in [1.29, 1.82) is 0 Å². The number of benzene rings is 2. The van der Waals surface area contributed by atoms with E-state index in [4.69, 9.17) is 9.47 Å². The maximum Gasteiger partial charge on any atom is 0.200 e. The van der Waals surface area contributed by atoms with E-state index in [1.807, 2.05) is 36.4 Å². The molecule has 2 aromatic carbocycles. The van der Waals surface area contributed by atoms with Crippen LogP contribution < -0.4 is 9.47 Å². The van der Waals surface area contributed by atoms with E-state index in [9.17, 15) is 4.79 Å². The summed E-state index contributed by atoms with van der Waals surface area (Å²) in [5.41, 5.74) is 1.88. The van der Waals surface area contributed by atoms with Gasteiger partial charge < -0.3 is 9.47 Å². The SMILES string of the molecule is COc1ccccc1OCC(=O)c1ccc(C(C)C)cc1. The molecule has 3 nitrogen and oxygen atoms in total. The molecule has 0 radical (unpaired) electrons. The summed E-state index contributed by atoms with van der Waals surface area (Å²) in [6.45, 7) is 4.25. The molecule has 2 rings (SSSR count). The zero-order chi connectivity index (χ0) is 15.2. The highest BCUT2D eigenvalue weighted by atomic mass is 16.5. The Labute approximate surface area is 125 Å². The van der Waals surface area contributed by atoms with Crippen LogP contribution in [0.5, 0.6) is 11.5 Å². The fourth-order valence-electron chi connectivity index (χ4n) is 2.02.